The number of carbonyl (C=O) groups is 2. The Balaban J connectivity index is 1.65. The Morgan fingerprint density at radius 3 is 2.37 bits per heavy atom. The molecule has 1 unspecified atom stereocenters. The number of aryl methyl sites for hydroxylation is 1. The molecule has 3 aromatic carbocycles. The van der Waals surface area contributed by atoms with E-state index in [2.05, 4.69) is 0 Å². The first kappa shape index (κ1) is 19.7. The number of hydrogen-bond donors (Lipinski definition) is 0. The number of hydrogen-bond acceptors (Lipinski definition) is 3. The number of anilines is 2. The molecule has 0 spiro atoms. The minimum absolute atomic E-state index is 0.0513. The lowest BCUT2D eigenvalue weighted by atomic mass is 10.1. The molecule has 1 aliphatic heterocycles. The van der Waals surface area contributed by atoms with E-state index in [0.717, 1.165) is 16.8 Å². The molecule has 0 aliphatic carbocycles. The zero-order valence-electron chi connectivity index (χ0n) is 17.1. The zero-order chi connectivity index (χ0) is 21.1. The summed E-state index contributed by atoms with van der Waals surface area (Å²) in [7, 11) is 0. The molecule has 4 rings (SSSR count). The third kappa shape index (κ3) is 4.06. The lowest BCUT2D eigenvalue weighted by molar-refractivity contribution is -0.127. The summed E-state index contributed by atoms with van der Waals surface area (Å²) < 4.78 is 5.76. The van der Waals surface area contributed by atoms with Crippen molar-refractivity contribution in [3.63, 3.8) is 0 Å². The highest BCUT2D eigenvalue weighted by Gasteiger charge is 2.34. The average molecular weight is 400 g/mol. The van der Waals surface area contributed by atoms with Gasteiger partial charge in [0.25, 0.3) is 5.91 Å². The van der Waals surface area contributed by atoms with Crippen LogP contribution in [0.5, 0.6) is 5.75 Å². The van der Waals surface area contributed by atoms with Crippen molar-refractivity contribution in [2.24, 2.45) is 0 Å². The largest absolute Gasteiger partial charge is 0.479 e. The van der Waals surface area contributed by atoms with E-state index in [-0.39, 0.29) is 18.4 Å². The second kappa shape index (κ2) is 8.41. The Hall–Kier alpha value is -3.60. The molecule has 2 amide bonds. The first-order valence-electron chi connectivity index (χ1n) is 10.0. The maximum atomic E-state index is 13.4. The van der Waals surface area contributed by atoms with Crippen molar-refractivity contribution in [3.05, 3.63) is 90.0 Å². The number of para-hydroxylation sites is 1. The number of amides is 2. The fourth-order valence-electron chi connectivity index (χ4n) is 3.60. The third-order valence-corrected chi connectivity index (χ3v) is 5.17. The third-order valence-electron chi connectivity index (χ3n) is 5.17. The maximum Gasteiger partial charge on any atom is 0.268 e. The lowest BCUT2D eigenvalue weighted by Crippen LogP contribution is -2.49. The normalized spacial score (nSPS) is 15.3. The van der Waals surface area contributed by atoms with Crippen LogP contribution in [0.1, 0.15) is 18.1 Å². The smallest absolute Gasteiger partial charge is 0.268 e. The van der Waals surface area contributed by atoms with Gasteiger partial charge in [-0.2, -0.15) is 0 Å². The number of benzene rings is 3. The lowest BCUT2D eigenvalue weighted by Gasteiger charge is -2.34. The summed E-state index contributed by atoms with van der Waals surface area (Å²) >= 11 is 0. The number of carbonyl (C=O) groups excluding carboxylic acids is 2. The van der Waals surface area contributed by atoms with Crippen LogP contribution in [0.4, 0.5) is 11.4 Å². The minimum atomic E-state index is -0.633. The van der Waals surface area contributed by atoms with E-state index in [0.29, 0.717) is 18.0 Å². The van der Waals surface area contributed by atoms with E-state index in [1.807, 2.05) is 85.8 Å². The van der Waals surface area contributed by atoms with E-state index in [1.54, 1.807) is 11.8 Å². The first-order chi connectivity index (χ1) is 14.5. The molecule has 0 saturated heterocycles. The van der Waals surface area contributed by atoms with Crippen LogP contribution in [0.3, 0.4) is 0 Å². The fraction of sp³-hybridized carbons (Fsp3) is 0.200. The molecule has 152 valence electrons. The summed E-state index contributed by atoms with van der Waals surface area (Å²) in [4.78, 5) is 29.5. The van der Waals surface area contributed by atoms with Crippen molar-refractivity contribution >= 4 is 23.2 Å². The molecule has 0 bridgehead atoms. The molecule has 0 saturated carbocycles. The fourth-order valence-corrected chi connectivity index (χ4v) is 3.60. The molecule has 1 atom stereocenters. The summed E-state index contributed by atoms with van der Waals surface area (Å²) in [5.41, 5.74) is 3.48. The van der Waals surface area contributed by atoms with Crippen molar-refractivity contribution in [1.82, 2.24) is 0 Å². The summed E-state index contributed by atoms with van der Waals surface area (Å²) in [6, 6.07) is 25.0. The summed E-state index contributed by atoms with van der Waals surface area (Å²) in [5.74, 6) is 0.260. The molecule has 30 heavy (non-hydrogen) atoms. The van der Waals surface area contributed by atoms with Crippen molar-refractivity contribution in [3.8, 4) is 5.75 Å². The molecule has 5 heteroatoms. The number of fused-ring (bicyclic) bond motifs is 1. The van der Waals surface area contributed by atoms with Gasteiger partial charge < -0.3 is 9.64 Å². The van der Waals surface area contributed by atoms with Gasteiger partial charge in [0.05, 0.1) is 12.2 Å². The molecule has 0 N–H and O–H groups in total. The van der Waals surface area contributed by atoms with E-state index in [9.17, 15) is 9.59 Å². The Kier molecular flexibility index (Phi) is 5.53. The van der Waals surface area contributed by atoms with Crippen LogP contribution in [0.2, 0.25) is 0 Å². The van der Waals surface area contributed by atoms with Crippen molar-refractivity contribution in [2.45, 2.75) is 26.5 Å². The molecule has 5 nitrogen and oxygen atoms in total. The van der Waals surface area contributed by atoms with Gasteiger partial charge >= 0.3 is 0 Å². The first-order valence-corrected chi connectivity index (χ1v) is 10.0. The molecule has 0 aromatic heterocycles. The molecular formula is C25H24N2O3. The van der Waals surface area contributed by atoms with Gasteiger partial charge in [0.1, 0.15) is 12.3 Å². The number of nitrogens with zero attached hydrogens (tertiary/aromatic N) is 2. The maximum absolute atomic E-state index is 13.4. The molecule has 1 heterocycles. The van der Waals surface area contributed by atoms with Crippen LogP contribution in [0.15, 0.2) is 78.9 Å². The van der Waals surface area contributed by atoms with E-state index >= 15 is 0 Å². The van der Waals surface area contributed by atoms with Crippen LogP contribution < -0.4 is 14.5 Å². The topological polar surface area (TPSA) is 49.9 Å². The Labute approximate surface area is 176 Å². The van der Waals surface area contributed by atoms with Crippen LogP contribution in [-0.2, 0) is 16.1 Å². The molecule has 0 radical (unpaired) electrons. The van der Waals surface area contributed by atoms with E-state index in [4.69, 9.17) is 4.74 Å². The Morgan fingerprint density at radius 2 is 1.67 bits per heavy atom. The molecule has 1 aliphatic rings. The van der Waals surface area contributed by atoms with Gasteiger partial charge in [-0.05, 0) is 49.2 Å². The quantitative estimate of drug-likeness (QED) is 0.640. The Morgan fingerprint density at radius 1 is 1.00 bits per heavy atom. The second-order valence-electron chi connectivity index (χ2n) is 7.46. The highest BCUT2D eigenvalue weighted by atomic mass is 16.5. The highest BCUT2D eigenvalue weighted by Crippen LogP contribution is 2.35. The average Bonchev–Trinajstić information content (AvgIpc) is 2.76. The van der Waals surface area contributed by atoms with Crippen molar-refractivity contribution in [1.29, 1.82) is 0 Å². The van der Waals surface area contributed by atoms with Crippen LogP contribution in [0.25, 0.3) is 0 Å². The van der Waals surface area contributed by atoms with Gasteiger partial charge in [0, 0.05) is 5.69 Å². The van der Waals surface area contributed by atoms with Crippen LogP contribution in [-0.4, -0.2) is 24.5 Å². The standard InChI is InChI=1S/C25H24N2O3/c1-18-13-14-22-23(15-18)30-19(2)25(29)27(22)17-24(28)26(21-11-7-4-8-12-21)16-20-9-5-3-6-10-20/h3-15,19H,16-17H2,1-2H3. The SMILES string of the molecule is Cc1ccc2c(c1)OC(C)C(=O)N2CC(=O)N(Cc1ccccc1)c1ccccc1. The van der Waals surface area contributed by atoms with Crippen LogP contribution >= 0.6 is 0 Å². The second-order valence-corrected chi connectivity index (χ2v) is 7.46. The van der Waals surface area contributed by atoms with Gasteiger partial charge in [-0.25, -0.2) is 0 Å². The van der Waals surface area contributed by atoms with Crippen LogP contribution in [0, 0.1) is 6.92 Å². The minimum Gasteiger partial charge on any atom is -0.479 e. The van der Waals surface area contributed by atoms with E-state index in [1.165, 1.54) is 4.90 Å². The predicted octanol–water partition coefficient (Wildman–Crippen LogP) is 4.34. The summed E-state index contributed by atoms with van der Waals surface area (Å²) in [6.07, 6.45) is -0.633. The molecule has 0 fully saturated rings. The zero-order valence-corrected chi connectivity index (χ0v) is 17.1. The van der Waals surface area contributed by atoms with Gasteiger partial charge in [0.2, 0.25) is 5.91 Å². The van der Waals surface area contributed by atoms with Crippen molar-refractivity contribution < 1.29 is 14.3 Å². The monoisotopic (exact) mass is 400 g/mol. The van der Waals surface area contributed by atoms with Gasteiger partial charge in [-0.15, -0.1) is 0 Å². The highest BCUT2D eigenvalue weighted by molar-refractivity contribution is 6.06. The van der Waals surface area contributed by atoms with E-state index < -0.39 is 6.10 Å². The van der Waals surface area contributed by atoms with Crippen molar-refractivity contribution in [2.75, 3.05) is 16.3 Å². The summed E-state index contributed by atoms with van der Waals surface area (Å²) in [6.45, 7) is 4.06. The Bertz CT molecular complexity index is 1050. The summed E-state index contributed by atoms with van der Waals surface area (Å²) in [5, 5.41) is 0. The van der Waals surface area contributed by atoms with Gasteiger partial charge in [0.15, 0.2) is 6.10 Å². The molecular weight excluding hydrogens is 376 g/mol. The predicted molar refractivity (Wildman–Crippen MR) is 118 cm³/mol. The number of rotatable bonds is 5. The van der Waals surface area contributed by atoms with Gasteiger partial charge in [-0.1, -0.05) is 54.6 Å². The number of ether oxygens (including phenoxy) is 1. The molecule has 3 aromatic rings. The van der Waals surface area contributed by atoms with Gasteiger partial charge in [-0.3, -0.25) is 14.5 Å².